The summed E-state index contributed by atoms with van der Waals surface area (Å²) in [5.41, 5.74) is 2.80. The average Bonchev–Trinajstić information content (AvgIpc) is 2.06. The summed E-state index contributed by atoms with van der Waals surface area (Å²) in [6.07, 6.45) is 0.875. The van der Waals surface area contributed by atoms with Crippen LogP contribution in [-0.4, -0.2) is 0 Å². The fourth-order valence-corrected chi connectivity index (χ4v) is 1.63. The highest BCUT2D eigenvalue weighted by Gasteiger charge is 2.06. The highest BCUT2D eigenvalue weighted by Crippen LogP contribution is 2.24. The molecule has 0 saturated carbocycles. The number of nitrogens with zero attached hydrogens (tertiary/aromatic N) is 1. The predicted molar refractivity (Wildman–Crippen MR) is 50.3 cm³/mol. The number of hydrogen-bond acceptors (Lipinski definition) is 1. The molecule has 62 valence electrons. The lowest BCUT2D eigenvalue weighted by Gasteiger charge is -2.05. The van der Waals surface area contributed by atoms with Gasteiger partial charge >= 0.3 is 0 Å². The monoisotopic (exact) mass is 179 g/mol. The molecule has 0 bridgehead atoms. The summed E-state index contributed by atoms with van der Waals surface area (Å²) in [6, 6.07) is 5.76. The summed E-state index contributed by atoms with van der Waals surface area (Å²) in [6.45, 7) is 4.04. The van der Waals surface area contributed by atoms with Crippen molar-refractivity contribution in [3.63, 3.8) is 0 Å². The minimum absolute atomic E-state index is 0.569. The van der Waals surface area contributed by atoms with Crippen LogP contribution in [0.4, 0.5) is 0 Å². The van der Waals surface area contributed by atoms with Crippen molar-refractivity contribution in [3.05, 3.63) is 33.8 Å². The van der Waals surface area contributed by atoms with Crippen LogP contribution < -0.4 is 0 Å². The fraction of sp³-hybridized carbons (Fsp3) is 0.300. The second-order valence-corrected chi connectivity index (χ2v) is 3.07. The smallest absolute Gasteiger partial charge is 0.101 e. The minimum atomic E-state index is 0.569. The Balaban J connectivity index is 3.36. The molecule has 1 nitrogen and oxygen atoms in total. The Hall–Kier alpha value is -1.00. The van der Waals surface area contributed by atoms with Crippen LogP contribution in [0.1, 0.15) is 23.6 Å². The van der Waals surface area contributed by atoms with Gasteiger partial charge in [0, 0.05) is 0 Å². The molecule has 0 unspecified atom stereocenters. The zero-order valence-corrected chi connectivity index (χ0v) is 7.94. The van der Waals surface area contributed by atoms with Gasteiger partial charge < -0.3 is 0 Å². The van der Waals surface area contributed by atoms with Crippen LogP contribution in [0.15, 0.2) is 12.1 Å². The third-order valence-corrected chi connectivity index (χ3v) is 2.38. The molecule has 1 aromatic carbocycles. The average molecular weight is 180 g/mol. The van der Waals surface area contributed by atoms with Gasteiger partial charge in [-0.25, -0.2) is 0 Å². The first-order chi connectivity index (χ1) is 5.70. The maximum Gasteiger partial charge on any atom is 0.101 e. The number of halogens is 1. The molecule has 0 amide bonds. The topological polar surface area (TPSA) is 23.8 Å². The number of benzene rings is 1. The molecule has 0 saturated heterocycles. The van der Waals surface area contributed by atoms with E-state index >= 15 is 0 Å². The van der Waals surface area contributed by atoms with Crippen molar-refractivity contribution in [1.29, 1.82) is 5.26 Å². The van der Waals surface area contributed by atoms with Gasteiger partial charge in [-0.15, -0.1) is 0 Å². The van der Waals surface area contributed by atoms with Crippen molar-refractivity contribution in [2.45, 2.75) is 20.3 Å². The van der Waals surface area contributed by atoms with Gasteiger partial charge in [0.05, 0.1) is 10.6 Å². The van der Waals surface area contributed by atoms with Gasteiger partial charge in [-0.3, -0.25) is 0 Å². The SMILES string of the molecule is CCc1c(C)ccc(C#N)c1Cl. The molecule has 2 heteroatoms. The van der Waals surface area contributed by atoms with E-state index in [9.17, 15) is 0 Å². The largest absolute Gasteiger partial charge is 0.192 e. The normalized spacial score (nSPS) is 9.50. The maximum absolute atomic E-state index is 8.69. The summed E-state index contributed by atoms with van der Waals surface area (Å²) in [5, 5.41) is 9.31. The van der Waals surface area contributed by atoms with E-state index in [-0.39, 0.29) is 0 Å². The second kappa shape index (κ2) is 3.60. The Morgan fingerprint density at radius 1 is 1.50 bits per heavy atom. The van der Waals surface area contributed by atoms with E-state index in [0.717, 1.165) is 17.5 Å². The van der Waals surface area contributed by atoms with Crippen LogP contribution in [0.2, 0.25) is 5.02 Å². The molecule has 0 heterocycles. The zero-order chi connectivity index (χ0) is 9.14. The Labute approximate surface area is 77.6 Å². The van der Waals surface area contributed by atoms with Crippen molar-refractivity contribution in [3.8, 4) is 6.07 Å². The fourth-order valence-electron chi connectivity index (χ4n) is 1.24. The molecule has 0 aliphatic heterocycles. The van der Waals surface area contributed by atoms with Crippen molar-refractivity contribution in [2.24, 2.45) is 0 Å². The van der Waals surface area contributed by atoms with E-state index in [1.165, 1.54) is 0 Å². The standard InChI is InChI=1S/C10H10ClN/c1-3-9-7(2)4-5-8(6-12)10(9)11/h4-5H,3H2,1-2H3. The quantitative estimate of drug-likeness (QED) is 0.650. The van der Waals surface area contributed by atoms with Crippen molar-refractivity contribution < 1.29 is 0 Å². The second-order valence-electron chi connectivity index (χ2n) is 2.69. The minimum Gasteiger partial charge on any atom is -0.192 e. The van der Waals surface area contributed by atoms with Crippen LogP contribution in [0.5, 0.6) is 0 Å². The van der Waals surface area contributed by atoms with Crippen molar-refractivity contribution in [2.75, 3.05) is 0 Å². The molecule has 0 aromatic heterocycles. The number of hydrogen-bond donors (Lipinski definition) is 0. The molecular weight excluding hydrogens is 170 g/mol. The van der Waals surface area contributed by atoms with Crippen LogP contribution >= 0.6 is 11.6 Å². The molecule has 1 aromatic rings. The molecule has 0 atom stereocenters. The molecule has 0 aliphatic carbocycles. The van der Waals surface area contributed by atoms with Crippen molar-refractivity contribution in [1.82, 2.24) is 0 Å². The van der Waals surface area contributed by atoms with Crippen molar-refractivity contribution >= 4 is 11.6 Å². The molecule has 0 aliphatic rings. The third kappa shape index (κ3) is 1.44. The molecule has 0 spiro atoms. The highest BCUT2D eigenvalue weighted by molar-refractivity contribution is 6.32. The zero-order valence-electron chi connectivity index (χ0n) is 7.19. The van der Waals surface area contributed by atoms with E-state index in [2.05, 4.69) is 6.07 Å². The van der Waals surface area contributed by atoms with Gasteiger partial charge in [-0.1, -0.05) is 24.6 Å². The van der Waals surface area contributed by atoms with E-state index in [1.54, 1.807) is 6.07 Å². The first-order valence-corrected chi connectivity index (χ1v) is 4.26. The van der Waals surface area contributed by atoms with Gasteiger partial charge in [-0.05, 0) is 30.5 Å². The first kappa shape index (κ1) is 9.09. The van der Waals surface area contributed by atoms with E-state index in [0.29, 0.717) is 10.6 Å². The molecule has 0 N–H and O–H groups in total. The Kier molecular flexibility index (Phi) is 2.73. The lowest BCUT2D eigenvalue weighted by Crippen LogP contribution is -1.90. The highest BCUT2D eigenvalue weighted by atomic mass is 35.5. The van der Waals surface area contributed by atoms with Crippen LogP contribution in [-0.2, 0) is 6.42 Å². The van der Waals surface area contributed by atoms with Crippen LogP contribution in [0.25, 0.3) is 0 Å². The van der Waals surface area contributed by atoms with Crippen LogP contribution in [0.3, 0.4) is 0 Å². The first-order valence-electron chi connectivity index (χ1n) is 3.88. The maximum atomic E-state index is 8.69. The lowest BCUT2D eigenvalue weighted by atomic mass is 10.0. The van der Waals surface area contributed by atoms with Gasteiger partial charge in [0.25, 0.3) is 0 Å². The molecule has 12 heavy (non-hydrogen) atoms. The van der Waals surface area contributed by atoms with E-state index in [4.69, 9.17) is 16.9 Å². The van der Waals surface area contributed by atoms with E-state index < -0.39 is 0 Å². The summed E-state index contributed by atoms with van der Waals surface area (Å²) >= 11 is 5.99. The van der Waals surface area contributed by atoms with Gasteiger partial charge in [0.1, 0.15) is 6.07 Å². The van der Waals surface area contributed by atoms with Gasteiger partial charge in [0.2, 0.25) is 0 Å². The molecule has 0 fully saturated rings. The van der Waals surface area contributed by atoms with Gasteiger partial charge in [0.15, 0.2) is 0 Å². The summed E-state index contributed by atoms with van der Waals surface area (Å²) < 4.78 is 0. The van der Waals surface area contributed by atoms with Gasteiger partial charge in [-0.2, -0.15) is 5.26 Å². The number of rotatable bonds is 1. The Bertz CT molecular complexity index is 336. The number of nitriles is 1. The Morgan fingerprint density at radius 2 is 2.17 bits per heavy atom. The third-order valence-electron chi connectivity index (χ3n) is 1.95. The Morgan fingerprint density at radius 3 is 2.67 bits per heavy atom. The van der Waals surface area contributed by atoms with Crippen LogP contribution in [0, 0.1) is 18.3 Å². The molecule has 1 rings (SSSR count). The lowest BCUT2D eigenvalue weighted by molar-refractivity contribution is 1.11. The molecule has 0 radical (unpaired) electrons. The number of aryl methyl sites for hydroxylation is 1. The summed E-state index contributed by atoms with van der Waals surface area (Å²) in [4.78, 5) is 0. The summed E-state index contributed by atoms with van der Waals surface area (Å²) in [5.74, 6) is 0. The molecular formula is C10H10ClN. The summed E-state index contributed by atoms with van der Waals surface area (Å²) in [7, 11) is 0. The predicted octanol–water partition coefficient (Wildman–Crippen LogP) is 3.08. The van der Waals surface area contributed by atoms with E-state index in [1.807, 2.05) is 19.9 Å².